The Morgan fingerprint density at radius 2 is 1.81 bits per heavy atom. The molecule has 27 heavy (non-hydrogen) atoms. The maximum absolute atomic E-state index is 12.4. The van der Waals surface area contributed by atoms with E-state index in [1.807, 2.05) is 6.07 Å². The van der Waals surface area contributed by atoms with Gasteiger partial charge in [-0.2, -0.15) is 0 Å². The standard InChI is InChI=1S/C19H19N5O3/c20-19(27)23-14-7-5-13(6-8-14)11-21-17(25)9-10-24-12-22-16-4-2-1-3-15(16)18(24)26/h1-8,12H,9-11H2,(H,21,25)(H3,20,23,27). The fourth-order valence-corrected chi connectivity index (χ4v) is 2.62. The number of hydrogen-bond acceptors (Lipinski definition) is 4. The Labute approximate surface area is 155 Å². The van der Waals surface area contributed by atoms with Crippen molar-refractivity contribution in [2.75, 3.05) is 5.32 Å². The third-order valence-electron chi connectivity index (χ3n) is 4.02. The van der Waals surface area contributed by atoms with Crippen molar-refractivity contribution in [2.24, 2.45) is 5.73 Å². The molecule has 0 radical (unpaired) electrons. The molecule has 1 aromatic heterocycles. The second-order valence-corrected chi connectivity index (χ2v) is 5.97. The molecule has 0 aliphatic carbocycles. The minimum absolute atomic E-state index is 0.161. The number of nitrogens with two attached hydrogens (primary N) is 1. The first kappa shape index (κ1) is 18.1. The van der Waals surface area contributed by atoms with Crippen LogP contribution in [0.1, 0.15) is 12.0 Å². The van der Waals surface area contributed by atoms with E-state index in [4.69, 9.17) is 5.73 Å². The first-order chi connectivity index (χ1) is 13.0. The lowest BCUT2D eigenvalue weighted by Gasteiger charge is -2.08. The number of nitrogens with one attached hydrogen (secondary N) is 2. The van der Waals surface area contributed by atoms with Crippen molar-refractivity contribution in [1.29, 1.82) is 0 Å². The lowest BCUT2D eigenvalue weighted by Crippen LogP contribution is -2.27. The van der Waals surface area contributed by atoms with Crippen LogP contribution in [0.5, 0.6) is 0 Å². The minimum atomic E-state index is -0.630. The van der Waals surface area contributed by atoms with Crippen LogP contribution < -0.4 is 21.9 Å². The molecule has 3 rings (SSSR count). The van der Waals surface area contributed by atoms with Crippen LogP contribution in [0, 0.1) is 0 Å². The summed E-state index contributed by atoms with van der Waals surface area (Å²) in [7, 11) is 0. The van der Waals surface area contributed by atoms with Crippen molar-refractivity contribution < 1.29 is 9.59 Å². The maximum atomic E-state index is 12.4. The van der Waals surface area contributed by atoms with E-state index in [9.17, 15) is 14.4 Å². The Morgan fingerprint density at radius 3 is 2.56 bits per heavy atom. The highest BCUT2D eigenvalue weighted by atomic mass is 16.2. The van der Waals surface area contributed by atoms with E-state index in [1.165, 1.54) is 10.9 Å². The molecule has 8 nitrogen and oxygen atoms in total. The Balaban J connectivity index is 1.53. The number of amides is 3. The summed E-state index contributed by atoms with van der Waals surface area (Å²) in [4.78, 5) is 39.5. The van der Waals surface area contributed by atoms with E-state index in [0.29, 0.717) is 23.1 Å². The monoisotopic (exact) mass is 365 g/mol. The minimum Gasteiger partial charge on any atom is -0.352 e. The molecule has 0 atom stereocenters. The first-order valence-corrected chi connectivity index (χ1v) is 8.39. The Morgan fingerprint density at radius 1 is 1.07 bits per heavy atom. The number of aromatic nitrogens is 2. The van der Waals surface area contributed by atoms with Gasteiger partial charge in [0.05, 0.1) is 17.2 Å². The quantitative estimate of drug-likeness (QED) is 0.614. The van der Waals surface area contributed by atoms with Gasteiger partial charge in [-0.3, -0.25) is 14.2 Å². The average molecular weight is 365 g/mol. The molecule has 3 amide bonds. The molecule has 1 heterocycles. The van der Waals surface area contributed by atoms with Gasteiger partial charge in [0, 0.05) is 25.2 Å². The molecular weight excluding hydrogens is 346 g/mol. The zero-order valence-corrected chi connectivity index (χ0v) is 14.5. The second kappa shape index (κ2) is 8.13. The SMILES string of the molecule is NC(=O)Nc1ccc(CNC(=O)CCn2cnc3ccccc3c2=O)cc1. The van der Waals surface area contributed by atoms with Crippen LogP contribution in [-0.4, -0.2) is 21.5 Å². The predicted octanol–water partition coefficient (Wildman–Crippen LogP) is 1.59. The number of benzene rings is 2. The van der Waals surface area contributed by atoms with Gasteiger partial charge in [0.25, 0.3) is 5.56 Å². The summed E-state index contributed by atoms with van der Waals surface area (Å²) in [6.07, 6.45) is 1.63. The molecule has 138 valence electrons. The molecule has 2 aromatic carbocycles. The van der Waals surface area contributed by atoms with Crippen molar-refractivity contribution in [2.45, 2.75) is 19.5 Å². The van der Waals surface area contributed by atoms with Crippen LogP contribution in [-0.2, 0) is 17.9 Å². The van der Waals surface area contributed by atoms with Gasteiger partial charge in [-0.15, -0.1) is 0 Å². The van der Waals surface area contributed by atoms with Crippen LogP contribution in [0.3, 0.4) is 0 Å². The fourth-order valence-electron chi connectivity index (χ4n) is 2.62. The number of hydrogen-bond donors (Lipinski definition) is 3. The highest BCUT2D eigenvalue weighted by Crippen LogP contribution is 2.09. The molecule has 3 aromatic rings. The van der Waals surface area contributed by atoms with Gasteiger partial charge >= 0.3 is 6.03 Å². The number of carbonyl (C=O) groups excluding carboxylic acids is 2. The van der Waals surface area contributed by atoms with E-state index in [0.717, 1.165) is 5.56 Å². The number of aryl methyl sites for hydroxylation is 1. The van der Waals surface area contributed by atoms with Crippen molar-refractivity contribution in [1.82, 2.24) is 14.9 Å². The molecule has 4 N–H and O–H groups in total. The largest absolute Gasteiger partial charge is 0.352 e. The van der Waals surface area contributed by atoms with E-state index in [-0.39, 0.29) is 24.4 Å². The van der Waals surface area contributed by atoms with Gasteiger partial charge in [0.2, 0.25) is 5.91 Å². The number of carbonyl (C=O) groups is 2. The number of para-hydroxylation sites is 1. The lowest BCUT2D eigenvalue weighted by molar-refractivity contribution is -0.121. The molecule has 0 saturated carbocycles. The Hall–Kier alpha value is -3.68. The summed E-state index contributed by atoms with van der Waals surface area (Å²) in [6.45, 7) is 0.602. The number of primary amides is 1. The van der Waals surface area contributed by atoms with Crippen molar-refractivity contribution in [3.8, 4) is 0 Å². The number of rotatable bonds is 6. The van der Waals surface area contributed by atoms with E-state index in [1.54, 1.807) is 42.5 Å². The van der Waals surface area contributed by atoms with Gasteiger partial charge < -0.3 is 16.4 Å². The van der Waals surface area contributed by atoms with E-state index < -0.39 is 6.03 Å². The van der Waals surface area contributed by atoms with Crippen molar-refractivity contribution in [3.05, 3.63) is 70.8 Å². The smallest absolute Gasteiger partial charge is 0.316 e. The van der Waals surface area contributed by atoms with Crippen molar-refractivity contribution >= 4 is 28.5 Å². The van der Waals surface area contributed by atoms with Crippen LogP contribution in [0.25, 0.3) is 10.9 Å². The average Bonchev–Trinajstić information content (AvgIpc) is 2.67. The molecule has 0 aliphatic heterocycles. The van der Waals surface area contributed by atoms with Gasteiger partial charge in [-0.1, -0.05) is 24.3 Å². The van der Waals surface area contributed by atoms with Gasteiger partial charge in [-0.25, -0.2) is 9.78 Å². The van der Waals surface area contributed by atoms with Crippen LogP contribution in [0.4, 0.5) is 10.5 Å². The Bertz CT molecular complexity index is 1030. The van der Waals surface area contributed by atoms with Gasteiger partial charge in [0.15, 0.2) is 0 Å². The third-order valence-corrected chi connectivity index (χ3v) is 4.02. The molecule has 0 spiro atoms. The predicted molar refractivity (Wildman–Crippen MR) is 102 cm³/mol. The Kier molecular flexibility index (Phi) is 5.46. The summed E-state index contributed by atoms with van der Waals surface area (Å²) < 4.78 is 1.44. The molecule has 0 saturated heterocycles. The number of fused-ring (bicyclic) bond motifs is 1. The summed E-state index contributed by atoms with van der Waals surface area (Å²) in [6, 6.07) is 13.4. The molecule has 0 unspecified atom stereocenters. The summed E-state index contributed by atoms with van der Waals surface area (Å²) in [5.74, 6) is -0.172. The topological polar surface area (TPSA) is 119 Å². The molecular formula is C19H19N5O3. The highest BCUT2D eigenvalue weighted by molar-refractivity contribution is 5.87. The van der Waals surface area contributed by atoms with Crippen molar-refractivity contribution in [3.63, 3.8) is 0 Å². The van der Waals surface area contributed by atoms with Gasteiger partial charge in [-0.05, 0) is 29.8 Å². The highest BCUT2D eigenvalue weighted by Gasteiger charge is 2.06. The normalized spacial score (nSPS) is 10.5. The van der Waals surface area contributed by atoms with Crippen LogP contribution >= 0.6 is 0 Å². The summed E-state index contributed by atoms with van der Waals surface area (Å²) in [5, 5.41) is 5.80. The molecule has 0 bridgehead atoms. The van der Waals surface area contributed by atoms with E-state index in [2.05, 4.69) is 15.6 Å². The van der Waals surface area contributed by atoms with Gasteiger partial charge in [0.1, 0.15) is 0 Å². The maximum Gasteiger partial charge on any atom is 0.316 e. The number of anilines is 1. The zero-order chi connectivity index (χ0) is 19.2. The van der Waals surface area contributed by atoms with Crippen LogP contribution in [0.15, 0.2) is 59.7 Å². The molecule has 0 aliphatic rings. The summed E-state index contributed by atoms with van der Waals surface area (Å²) in [5.41, 5.74) is 6.98. The van der Waals surface area contributed by atoms with Crippen LogP contribution in [0.2, 0.25) is 0 Å². The van der Waals surface area contributed by atoms with E-state index >= 15 is 0 Å². The number of nitrogens with zero attached hydrogens (tertiary/aromatic N) is 2. The first-order valence-electron chi connectivity index (χ1n) is 8.39. The lowest BCUT2D eigenvalue weighted by atomic mass is 10.2. The summed E-state index contributed by atoms with van der Waals surface area (Å²) >= 11 is 0. The zero-order valence-electron chi connectivity index (χ0n) is 14.5. The fraction of sp³-hybridized carbons (Fsp3) is 0.158. The number of urea groups is 1. The molecule has 0 fully saturated rings. The third kappa shape index (κ3) is 4.69. The molecule has 8 heteroatoms. The second-order valence-electron chi connectivity index (χ2n) is 5.97.